The second-order valence-corrected chi connectivity index (χ2v) is 7.81. The molecule has 0 radical (unpaired) electrons. The fourth-order valence-electron chi connectivity index (χ4n) is 0.806. The van der Waals surface area contributed by atoms with Gasteiger partial charge in [0, 0.05) is 33.1 Å². The van der Waals surface area contributed by atoms with Crippen molar-refractivity contribution in [1.82, 2.24) is 0 Å². The molecule has 12 heavy (non-hydrogen) atoms. The molecule has 0 aromatic rings. The smallest absolute Gasteiger partial charge is 0.377 e. The molecule has 0 aromatic heterocycles. The number of rotatable bonds is 7. The zero-order valence-electron chi connectivity index (χ0n) is 7.96. The van der Waals surface area contributed by atoms with Gasteiger partial charge >= 0.3 is 8.80 Å². The Balaban J connectivity index is 3.76. The Hall–Kier alpha value is 0.797. The van der Waals surface area contributed by atoms with Crippen molar-refractivity contribution in [2.75, 3.05) is 33.3 Å². The van der Waals surface area contributed by atoms with Crippen LogP contribution in [0.3, 0.4) is 0 Å². The van der Waals surface area contributed by atoms with Gasteiger partial charge in [-0.2, -0.15) is 0 Å². The SMILES string of the molecule is CO[Si](CCSSC)(OC)OC. The lowest BCUT2D eigenvalue weighted by Gasteiger charge is -2.23. The van der Waals surface area contributed by atoms with Gasteiger partial charge in [-0.05, 0) is 6.26 Å². The van der Waals surface area contributed by atoms with Crippen LogP contribution in [0.25, 0.3) is 0 Å². The highest BCUT2D eigenvalue weighted by atomic mass is 33.1. The zero-order chi connectivity index (χ0) is 9.45. The topological polar surface area (TPSA) is 27.7 Å². The maximum atomic E-state index is 5.25. The fourth-order valence-corrected chi connectivity index (χ4v) is 4.67. The van der Waals surface area contributed by atoms with Crippen molar-refractivity contribution >= 4 is 30.4 Å². The summed E-state index contributed by atoms with van der Waals surface area (Å²) in [5.41, 5.74) is 0. The van der Waals surface area contributed by atoms with E-state index in [1.807, 2.05) is 0 Å². The first kappa shape index (κ1) is 12.8. The van der Waals surface area contributed by atoms with Gasteiger partial charge in [0.15, 0.2) is 0 Å². The van der Waals surface area contributed by atoms with Gasteiger partial charge in [0.25, 0.3) is 0 Å². The Kier molecular flexibility index (Phi) is 7.70. The molecule has 0 aromatic carbocycles. The summed E-state index contributed by atoms with van der Waals surface area (Å²) in [5.74, 6) is 1.00. The standard InChI is InChI=1S/C6H16O3S2Si/c1-7-12(8-2,9-3)6-5-11-10-4/h5-6H2,1-4H3. The first-order valence-electron chi connectivity index (χ1n) is 3.55. The maximum Gasteiger partial charge on any atom is 0.501 e. The third-order valence-electron chi connectivity index (χ3n) is 1.54. The van der Waals surface area contributed by atoms with E-state index in [1.54, 1.807) is 42.9 Å². The second kappa shape index (κ2) is 7.22. The molecule has 0 atom stereocenters. The molecule has 0 unspecified atom stereocenters. The molecule has 0 saturated heterocycles. The predicted molar refractivity (Wildman–Crippen MR) is 57.6 cm³/mol. The maximum absolute atomic E-state index is 5.25. The van der Waals surface area contributed by atoms with Gasteiger partial charge < -0.3 is 13.3 Å². The van der Waals surface area contributed by atoms with Crippen molar-refractivity contribution in [2.24, 2.45) is 0 Å². The van der Waals surface area contributed by atoms with Gasteiger partial charge in [-0.15, -0.1) is 0 Å². The molecule has 6 heteroatoms. The average molecular weight is 228 g/mol. The average Bonchev–Trinajstić information content (AvgIpc) is 2.14. The minimum Gasteiger partial charge on any atom is -0.377 e. The highest BCUT2D eigenvalue weighted by molar-refractivity contribution is 8.76. The zero-order valence-corrected chi connectivity index (χ0v) is 10.6. The highest BCUT2D eigenvalue weighted by Crippen LogP contribution is 2.22. The van der Waals surface area contributed by atoms with Gasteiger partial charge in [-0.25, -0.2) is 0 Å². The summed E-state index contributed by atoms with van der Waals surface area (Å²) in [7, 11) is 6.18. The van der Waals surface area contributed by atoms with Gasteiger partial charge in [-0.1, -0.05) is 21.6 Å². The van der Waals surface area contributed by atoms with E-state index in [9.17, 15) is 0 Å². The summed E-state index contributed by atoms with van der Waals surface area (Å²) in [6.45, 7) is 0. The Labute approximate surface area is 83.3 Å². The van der Waals surface area contributed by atoms with Crippen LogP contribution in [-0.2, 0) is 13.3 Å². The highest BCUT2D eigenvalue weighted by Gasteiger charge is 2.36. The summed E-state index contributed by atoms with van der Waals surface area (Å²) in [6.07, 6.45) is 2.06. The monoisotopic (exact) mass is 228 g/mol. The lowest BCUT2D eigenvalue weighted by atomic mass is 11.0. The van der Waals surface area contributed by atoms with E-state index in [-0.39, 0.29) is 0 Å². The summed E-state index contributed by atoms with van der Waals surface area (Å²) in [4.78, 5) is 0. The Morgan fingerprint density at radius 3 is 1.92 bits per heavy atom. The predicted octanol–water partition coefficient (Wildman–Crippen LogP) is 1.88. The van der Waals surface area contributed by atoms with E-state index >= 15 is 0 Å². The molecular formula is C6H16O3S2Si. The first-order chi connectivity index (χ1) is 5.74. The van der Waals surface area contributed by atoms with Crippen LogP contribution >= 0.6 is 21.6 Å². The first-order valence-corrected chi connectivity index (χ1v) is 8.21. The lowest BCUT2D eigenvalue weighted by Crippen LogP contribution is -2.43. The van der Waals surface area contributed by atoms with E-state index < -0.39 is 8.80 Å². The van der Waals surface area contributed by atoms with E-state index in [1.165, 1.54) is 0 Å². The summed E-state index contributed by atoms with van der Waals surface area (Å²) < 4.78 is 15.8. The van der Waals surface area contributed by atoms with Crippen LogP contribution in [0.15, 0.2) is 0 Å². The van der Waals surface area contributed by atoms with E-state index in [0.29, 0.717) is 0 Å². The minimum atomic E-state index is -2.29. The van der Waals surface area contributed by atoms with Crippen LogP contribution in [0.2, 0.25) is 6.04 Å². The van der Waals surface area contributed by atoms with Crippen molar-refractivity contribution in [1.29, 1.82) is 0 Å². The molecule has 0 bridgehead atoms. The number of hydrogen-bond acceptors (Lipinski definition) is 5. The van der Waals surface area contributed by atoms with Crippen LogP contribution in [0, 0.1) is 0 Å². The third kappa shape index (κ3) is 4.15. The van der Waals surface area contributed by atoms with Crippen molar-refractivity contribution < 1.29 is 13.3 Å². The summed E-state index contributed by atoms with van der Waals surface area (Å²) in [6, 6.07) is 0.863. The van der Waals surface area contributed by atoms with Crippen LogP contribution in [0.1, 0.15) is 0 Å². The molecule has 74 valence electrons. The van der Waals surface area contributed by atoms with Crippen molar-refractivity contribution in [3.63, 3.8) is 0 Å². The van der Waals surface area contributed by atoms with Crippen molar-refractivity contribution in [3.8, 4) is 0 Å². The molecule has 0 spiro atoms. The van der Waals surface area contributed by atoms with E-state index in [2.05, 4.69) is 6.26 Å². The molecule has 0 saturated carbocycles. The molecule has 0 N–H and O–H groups in total. The van der Waals surface area contributed by atoms with Crippen molar-refractivity contribution in [2.45, 2.75) is 6.04 Å². The molecule has 3 nitrogen and oxygen atoms in total. The summed E-state index contributed by atoms with van der Waals surface area (Å²) >= 11 is 0. The molecule has 0 aliphatic rings. The van der Waals surface area contributed by atoms with E-state index in [0.717, 1.165) is 11.8 Å². The summed E-state index contributed by atoms with van der Waals surface area (Å²) in [5, 5.41) is 0. The molecule has 0 aliphatic heterocycles. The van der Waals surface area contributed by atoms with Gasteiger partial charge in [0.1, 0.15) is 0 Å². The van der Waals surface area contributed by atoms with Gasteiger partial charge in [0.2, 0.25) is 0 Å². The van der Waals surface area contributed by atoms with Crippen LogP contribution < -0.4 is 0 Å². The minimum absolute atomic E-state index is 0.863. The Bertz CT molecular complexity index is 103. The van der Waals surface area contributed by atoms with Gasteiger partial charge in [-0.3, -0.25) is 0 Å². The molecule has 0 heterocycles. The Morgan fingerprint density at radius 1 is 1.08 bits per heavy atom. The largest absolute Gasteiger partial charge is 0.501 e. The Morgan fingerprint density at radius 2 is 1.58 bits per heavy atom. The van der Waals surface area contributed by atoms with Crippen LogP contribution in [-0.4, -0.2) is 42.1 Å². The third-order valence-corrected chi connectivity index (χ3v) is 6.45. The normalized spacial score (nSPS) is 12.0. The fraction of sp³-hybridized carbons (Fsp3) is 1.00. The van der Waals surface area contributed by atoms with Crippen molar-refractivity contribution in [3.05, 3.63) is 0 Å². The molecule has 0 amide bonds. The lowest BCUT2D eigenvalue weighted by molar-refractivity contribution is 0.125. The van der Waals surface area contributed by atoms with Gasteiger partial charge in [0.05, 0.1) is 0 Å². The second-order valence-electron chi connectivity index (χ2n) is 2.03. The molecular weight excluding hydrogens is 212 g/mol. The van der Waals surface area contributed by atoms with Crippen LogP contribution in [0.5, 0.6) is 0 Å². The molecule has 0 rings (SSSR count). The van der Waals surface area contributed by atoms with Crippen LogP contribution in [0.4, 0.5) is 0 Å². The quantitative estimate of drug-likeness (QED) is 0.377. The van der Waals surface area contributed by atoms with E-state index in [4.69, 9.17) is 13.3 Å². The molecule has 0 fully saturated rings. The number of hydrogen-bond donors (Lipinski definition) is 0. The molecule has 0 aliphatic carbocycles.